The molecule has 3 aromatic rings. The standard InChI is InChI=1S/C42H52N2O4S/c1-3-5-6-7-8-9-10-11-12-13-14-15-16-17-18-19-20-21-22-23-24-40(45)44-41(46)39(49-42(44)47)33-36-26-29-38(30-27-36)48-32-31-37-28-25-35(4-2)34-43-37/h5-6,8-9,11-12,14-15,17-18,20-21,25-30,34,46H,3-4,7,10,13,16,19,22-24,31-33H2,1-2H3. The van der Waals surface area contributed by atoms with Crippen molar-refractivity contribution in [3.8, 4) is 11.6 Å². The van der Waals surface area contributed by atoms with Crippen LogP contribution in [0.15, 0.2) is 120 Å². The molecule has 260 valence electrons. The fourth-order valence-corrected chi connectivity index (χ4v) is 5.75. The number of carbonyl (C=O) groups is 1. The van der Waals surface area contributed by atoms with Gasteiger partial charge in [-0.2, -0.15) is 0 Å². The van der Waals surface area contributed by atoms with Gasteiger partial charge in [0.2, 0.25) is 11.8 Å². The molecule has 3 rings (SSSR count). The van der Waals surface area contributed by atoms with Crippen molar-refractivity contribution in [1.29, 1.82) is 0 Å². The zero-order chi connectivity index (χ0) is 34.9. The highest BCUT2D eigenvalue weighted by Gasteiger charge is 2.19. The molecule has 0 spiro atoms. The number of benzene rings is 1. The minimum absolute atomic E-state index is 0.194. The molecule has 0 radical (unpaired) electrons. The first-order valence-electron chi connectivity index (χ1n) is 17.5. The number of aryl methyl sites for hydroxylation is 1. The van der Waals surface area contributed by atoms with Gasteiger partial charge in [0.05, 0.1) is 11.5 Å². The fourth-order valence-electron chi connectivity index (χ4n) is 4.84. The third-order valence-electron chi connectivity index (χ3n) is 7.67. The average molecular weight is 681 g/mol. The highest BCUT2D eigenvalue weighted by Crippen LogP contribution is 2.25. The Morgan fingerprint density at radius 3 is 1.92 bits per heavy atom. The van der Waals surface area contributed by atoms with E-state index in [0.717, 1.165) is 90.7 Å². The highest BCUT2D eigenvalue weighted by molar-refractivity contribution is 7.09. The van der Waals surface area contributed by atoms with E-state index in [4.69, 9.17) is 4.74 Å². The summed E-state index contributed by atoms with van der Waals surface area (Å²) in [6.45, 7) is 4.77. The third kappa shape index (κ3) is 15.5. The van der Waals surface area contributed by atoms with Crippen LogP contribution in [0.5, 0.6) is 11.6 Å². The number of pyridine rings is 1. The van der Waals surface area contributed by atoms with E-state index in [0.29, 0.717) is 24.3 Å². The number of nitrogens with zero attached hydrogens (tertiary/aromatic N) is 2. The molecule has 49 heavy (non-hydrogen) atoms. The first-order chi connectivity index (χ1) is 24.0. The molecule has 0 saturated carbocycles. The van der Waals surface area contributed by atoms with Crippen molar-refractivity contribution in [3.05, 3.63) is 147 Å². The zero-order valence-electron chi connectivity index (χ0n) is 29.1. The van der Waals surface area contributed by atoms with Gasteiger partial charge in [0, 0.05) is 31.2 Å². The maximum atomic E-state index is 12.8. The molecule has 2 aromatic heterocycles. The van der Waals surface area contributed by atoms with Crippen LogP contribution in [0.1, 0.15) is 98.1 Å². The number of thiazole rings is 1. The highest BCUT2D eigenvalue weighted by atomic mass is 32.1. The number of hydrogen-bond donors (Lipinski definition) is 1. The van der Waals surface area contributed by atoms with Crippen molar-refractivity contribution in [1.82, 2.24) is 9.55 Å². The fraction of sp³-hybridized carbons (Fsp3) is 0.357. The van der Waals surface area contributed by atoms with Crippen molar-refractivity contribution in [2.24, 2.45) is 0 Å². The van der Waals surface area contributed by atoms with Crippen LogP contribution >= 0.6 is 11.3 Å². The third-order valence-corrected chi connectivity index (χ3v) is 8.60. The predicted molar refractivity (Wildman–Crippen MR) is 205 cm³/mol. The molecule has 0 bridgehead atoms. The van der Waals surface area contributed by atoms with Crippen molar-refractivity contribution in [2.45, 2.75) is 90.9 Å². The largest absolute Gasteiger partial charge is 0.493 e. The van der Waals surface area contributed by atoms with Gasteiger partial charge in [-0.3, -0.25) is 14.6 Å². The Bertz CT molecular complexity index is 1620. The Balaban J connectivity index is 1.30. The summed E-state index contributed by atoms with van der Waals surface area (Å²) >= 11 is 0.914. The van der Waals surface area contributed by atoms with Gasteiger partial charge in [-0.1, -0.05) is 116 Å². The summed E-state index contributed by atoms with van der Waals surface area (Å²) in [4.78, 5) is 29.8. The van der Waals surface area contributed by atoms with E-state index in [1.165, 1.54) is 5.56 Å². The number of unbranched alkanes of at least 4 members (excludes halogenated alkanes) is 1. The van der Waals surface area contributed by atoms with Gasteiger partial charge < -0.3 is 9.84 Å². The molecule has 1 aromatic carbocycles. The van der Waals surface area contributed by atoms with Crippen LogP contribution in [0.3, 0.4) is 0 Å². The smallest absolute Gasteiger partial charge is 0.317 e. The molecule has 2 heterocycles. The van der Waals surface area contributed by atoms with Gasteiger partial charge >= 0.3 is 4.87 Å². The summed E-state index contributed by atoms with van der Waals surface area (Å²) in [7, 11) is 0. The quantitative estimate of drug-likeness (QED) is 0.0844. The van der Waals surface area contributed by atoms with Gasteiger partial charge in [0.15, 0.2) is 0 Å². The number of aromatic nitrogens is 2. The molecule has 6 nitrogen and oxygen atoms in total. The van der Waals surface area contributed by atoms with Crippen LogP contribution < -0.4 is 9.61 Å². The summed E-state index contributed by atoms with van der Waals surface area (Å²) in [5.41, 5.74) is 3.12. The van der Waals surface area contributed by atoms with Crippen molar-refractivity contribution in [3.63, 3.8) is 0 Å². The van der Waals surface area contributed by atoms with Gasteiger partial charge in [-0.15, -0.1) is 0 Å². The van der Waals surface area contributed by atoms with Crippen molar-refractivity contribution >= 4 is 17.2 Å². The second kappa shape index (κ2) is 23.8. The molecule has 0 amide bonds. The Morgan fingerprint density at radius 1 is 0.796 bits per heavy atom. The van der Waals surface area contributed by atoms with Crippen LogP contribution in [-0.4, -0.2) is 27.2 Å². The molecule has 0 atom stereocenters. The Labute approximate surface area is 296 Å². The molecule has 0 saturated heterocycles. The van der Waals surface area contributed by atoms with Gasteiger partial charge in [-0.05, 0) is 87.1 Å². The van der Waals surface area contributed by atoms with Gasteiger partial charge in [0.25, 0.3) is 0 Å². The molecule has 0 unspecified atom stereocenters. The molecule has 7 heteroatoms. The number of ether oxygens (including phenoxy) is 1. The monoisotopic (exact) mass is 680 g/mol. The van der Waals surface area contributed by atoms with Crippen molar-refractivity contribution in [2.75, 3.05) is 6.61 Å². The maximum Gasteiger partial charge on any atom is 0.317 e. The van der Waals surface area contributed by atoms with E-state index in [9.17, 15) is 14.7 Å². The van der Waals surface area contributed by atoms with E-state index in [1.807, 2.05) is 36.5 Å². The summed E-state index contributed by atoms with van der Waals surface area (Å²) in [6.07, 6.45) is 37.2. The predicted octanol–water partition coefficient (Wildman–Crippen LogP) is 10.3. The Morgan fingerprint density at radius 2 is 1.37 bits per heavy atom. The number of rotatable bonds is 22. The van der Waals surface area contributed by atoms with E-state index >= 15 is 0 Å². The lowest BCUT2D eigenvalue weighted by Gasteiger charge is -2.07. The molecule has 0 aliphatic carbocycles. The lowest BCUT2D eigenvalue weighted by Crippen LogP contribution is -2.20. The maximum absolute atomic E-state index is 12.8. The second-order valence-corrected chi connectivity index (χ2v) is 12.6. The Kier molecular flexibility index (Phi) is 18.9. The molecule has 0 aliphatic heterocycles. The average Bonchev–Trinajstić information content (AvgIpc) is 3.39. The lowest BCUT2D eigenvalue weighted by atomic mass is 10.1. The summed E-state index contributed by atoms with van der Waals surface area (Å²) in [5, 5.41) is 10.7. The minimum atomic E-state index is -0.452. The minimum Gasteiger partial charge on any atom is -0.493 e. The topological polar surface area (TPSA) is 81.4 Å². The van der Waals surface area contributed by atoms with Gasteiger partial charge in [0.1, 0.15) is 5.75 Å². The van der Waals surface area contributed by atoms with Crippen LogP contribution in [0.25, 0.3) is 0 Å². The summed E-state index contributed by atoms with van der Waals surface area (Å²) < 4.78 is 6.78. The second-order valence-electron chi connectivity index (χ2n) is 11.6. The number of hydrogen-bond acceptors (Lipinski definition) is 6. The number of aromatic hydroxyl groups is 1. The Hall–Kier alpha value is -4.49. The first kappa shape index (κ1) is 39.0. The van der Waals surface area contributed by atoms with Crippen LogP contribution in [0, 0.1) is 0 Å². The van der Waals surface area contributed by atoms with Crippen molar-refractivity contribution < 1.29 is 14.6 Å². The summed E-state index contributed by atoms with van der Waals surface area (Å²) in [6, 6.07) is 11.7. The van der Waals surface area contributed by atoms with Gasteiger partial charge in [-0.25, -0.2) is 4.57 Å². The molecular formula is C42H52N2O4S. The van der Waals surface area contributed by atoms with E-state index in [-0.39, 0.29) is 18.2 Å². The van der Waals surface area contributed by atoms with E-state index in [1.54, 1.807) is 0 Å². The molecular weight excluding hydrogens is 629 g/mol. The van der Waals surface area contributed by atoms with E-state index in [2.05, 4.69) is 97.8 Å². The van der Waals surface area contributed by atoms with Crippen LogP contribution in [0.4, 0.5) is 0 Å². The molecule has 1 N–H and O–H groups in total. The van der Waals surface area contributed by atoms with E-state index < -0.39 is 4.87 Å². The molecule has 0 fully saturated rings. The zero-order valence-corrected chi connectivity index (χ0v) is 30.0. The number of carbonyl (C=O) groups excluding carboxylic acids is 1. The SMILES string of the molecule is CCC=CCC=CCC=CCC=CCC=CCC=CCCCC(=O)n1c(O)c(Cc2ccc(OCCc3ccc(CC)cn3)cc2)sc1=O. The van der Waals surface area contributed by atoms with Crippen LogP contribution in [0.2, 0.25) is 0 Å². The first-order valence-corrected chi connectivity index (χ1v) is 18.4. The van der Waals surface area contributed by atoms with Crippen LogP contribution in [-0.2, 0) is 19.3 Å². The summed E-state index contributed by atoms with van der Waals surface area (Å²) in [5.74, 6) is 0.112. The lowest BCUT2D eigenvalue weighted by molar-refractivity contribution is 0.0888. The number of allylic oxidation sites excluding steroid dienone is 12. The molecule has 0 aliphatic rings. The normalized spacial score (nSPS) is 12.3.